The zero-order chi connectivity index (χ0) is 11.5. The van der Waals surface area contributed by atoms with Gasteiger partial charge in [0.05, 0.1) is 6.10 Å². The third kappa shape index (κ3) is 2.45. The quantitative estimate of drug-likeness (QED) is 0.860. The lowest BCUT2D eigenvalue weighted by molar-refractivity contribution is -0.128. The summed E-state index contributed by atoms with van der Waals surface area (Å²) >= 11 is 5.78. The van der Waals surface area contributed by atoms with Gasteiger partial charge in [-0.25, -0.2) is 0 Å². The molecule has 0 amide bonds. The SMILES string of the molecule is O=C1CCCC[C@@H]1[C@@H](O)c1ccc(Cl)cc1. The molecule has 2 rings (SSSR count). The van der Waals surface area contributed by atoms with Crippen molar-refractivity contribution >= 4 is 17.4 Å². The summed E-state index contributed by atoms with van der Waals surface area (Å²) in [6.45, 7) is 0. The molecule has 16 heavy (non-hydrogen) atoms. The molecule has 0 radical (unpaired) electrons. The summed E-state index contributed by atoms with van der Waals surface area (Å²) in [5, 5.41) is 10.8. The van der Waals surface area contributed by atoms with E-state index in [4.69, 9.17) is 11.6 Å². The van der Waals surface area contributed by atoms with E-state index in [1.54, 1.807) is 24.3 Å². The molecule has 86 valence electrons. The Hall–Kier alpha value is -0.860. The predicted molar refractivity (Wildman–Crippen MR) is 63.4 cm³/mol. The van der Waals surface area contributed by atoms with Crippen molar-refractivity contribution in [2.75, 3.05) is 0 Å². The summed E-state index contributed by atoms with van der Waals surface area (Å²) in [7, 11) is 0. The normalized spacial score (nSPS) is 23.1. The van der Waals surface area contributed by atoms with Crippen LogP contribution in [0.1, 0.15) is 37.4 Å². The van der Waals surface area contributed by atoms with Gasteiger partial charge in [-0.15, -0.1) is 0 Å². The van der Waals surface area contributed by atoms with Crippen LogP contribution in [0.15, 0.2) is 24.3 Å². The zero-order valence-corrected chi connectivity index (χ0v) is 9.78. The predicted octanol–water partition coefficient (Wildman–Crippen LogP) is 3.13. The first-order valence-electron chi connectivity index (χ1n) is 5.65. The summed E-state index contributed by atoms with van der Waals surface area (Å²) in [6.07, 6.45) is 2.71. The fourth-order valence-corrected chi connectivity index (χ4v) is 2.36. The minimum atomic E-state index is -0.676. The fraction of sp³-hybridized carbons (Fsp3) is 0.462. The van der Waals surface area contributed by atoms with Crippen LogP contribution in [0.4, 0.5) is 0 Å². The number of aliphatic hydroxyl groups excluding tert-OH is 1. The number of Topliss-reactive ketones (excluding diaryl/α,β-unsaturated/α-hetero) is 1. The molecule has 0 unspecified atom stereocenters. The van der Waals surface area contributed by atoms with Crippen LogP contribution in [-0.2, 0) is 4.79 Å². The van der Waals surface area contributed by atoms with E-state index in [1.165, 1.54) is 0 Å². The maximum absolute atomic E-state index is 11.7. The molecule has 0 spiro atoms. The summed E-state index contributed by atoms with van der Waals surface area (Å²) in [6, 6.07) is 7.06. The number of carbonyl (C=O) groups is 1. The first-order valence-corrected chi connectivity index (χ1v) is 6.02. The standard InChI is InChI=1S/C13H15ClO2/c14-10-7-5-9(6-8-10)13(16)11-3-1-2-4-12(11)15/h5-8,11,13,16H,1-4H2/t11-,13-/m0/s1. The Balaban J connectivity index is 2.14. The first-order chi connectivity index (χ1) is 7.68. The lowest BCUT2D eigenvalue weighted by Gasteiger charge is -2.25. The third-order valence-corrected chi connectivity index (χ3v) is 3.45. The monoisotopic (exact) mass is 238 g/mol. The second-order valence-corrected chi connectivity index (χ2v) is 4.75. The Morgan fingerprint density at radius 1 is 1.25 bits per heavy atom. The average Bonchev–Trinajstić information content (AvgIpc) is 2.30. The van der Waals surface area contributed by atoms with E-state index in [9.17, 15) is 9.90 Å². The molecule has 1 fully saturated rings. The van der Waals surface area contributed by atoms with Gasteiger partial charge < -0.3 is 5.11 Å². The van der Waals surface area contributed by atoms with Gasteiger partial charge in [0.1, 0.15) is 5.78 Å². The lowest BCUT2D eigenvalue weighted by Crippen LogP contribution is -2.25. The summed E-state index contributed by atoms with van der Waals surface area (Å²) in [5.74, 6) is -0.0383. The van der Waals surface area contributed by atoms with Gasteiger partial charge in [-0.05, 0) is 30.5 Å². The molecule has 1 aromatic rings. The van der Waals surface area contributed by atoms with Gasteiger partial charge in [0.15, 0.2) is 0 Å². The molecule has 1 N–H and O–H groups in total. The molecule has 0 bridgehead atoms. The number of ketones is 1. The molecule has 0 aromatic heterocycles. The van der Waals surface area contributed by atoms with E-state index in [0.29, 0.717) is 11.4 Å². The number of halogens is 1. The minimum absolute atomic E-state index is 0.189. The van der Waals surface area contributed by atoms with E-state index in [2.05, 4.69) is 0 Å². The molecule has 1 aromatic carbocycles. The third-order valence-electron chi connectivity index (χ3n) is 3.19. The van der Waals surface area contributed by atoms with Crippen molar-refractivity contribution in [3.8, 4) is 0 Å². The lowest BCUT2D eigenvalue weighted by atomic mass is 9.82. The Morgan fingerprint density at radius 3 is 2.56 bits per heavy atom. The highest BCUT2D eigenvalue weighted by Crippen LogP contribution is 2.32. The van der Waals surface area contributed by atoms with E-state index >= 15 is 0 Å². The number of hydrogen-bond donors (Lipinski definition) is 1. The molecule has 0 saturated heterocycles. The van der Waals surface area contributed by atoms with Crippen LogP contribution >= 0.6 is 11.6 Å². The van der Waals surface area contributed by atoms with Crippen molar-refractivity contribution < 1.29 is 9.90 Å². The highest BCUT2D eigenvalue weighted by Gasteiger charge is 2.29. The molecule has 1 aliphatic rings. The minimum Gasteiger partial charge on any atom is -0.388 e. The maximum atomic E-state index is 11.7. The van der Waals surface area contributed by atoms with Crippen LogP contribution in [0.25, 0.3) is 0 Å². The second-order valence-electron chi connectivity index (χ2n) is 4.31. The van der Waals surface area contributed by atoms with Gasteiger partial charge in [-0.1, -0.05) is 30.2 Å². The van der Waals surface area contributed by atoms with Crippen LogP contribution in [0, 0.1) is 5.92 Å². The van der Waals surface area contributed by atoms with Crippen molar-refractivity contribution in [3.05, 3.63) is 34.9 Å². The Labute approximate surface area is 100 Å². The van der Waals surface area contributed by atoms with Crippen molar-refractivity contribution in [3.63, 3.8) is 0 Å². The van der Waals surface area contributed by atoms with Crippen molar-refractivity contribution in [2.45, 2.75) is 31.8 Å². The molecule has 2 atom stereocenters. The summed E-state index contributed by atoms with van der Waals surface area (Å²) < 4.78 is 0. The van der Waals surface area contributed by atoms with Crippen molar-refractivity contribution in [1.82, 2.24) is 0 Å². The van der Waals surface area contributed by atoms with Crippen molar-refractivity contribution in [2.24, 2.45) is 5.92 Å². The molecule has 1 saturated carbocycles. The number of benzene rings is 1. The maximum Gasteiger partial charge on any atom is 0.138 e. The molecule has 0 aliphatic heterocycles. The highest BCUT2D eigenvalue weighted by atomic mass is 35.5. The fourth-order valence-electron chi connectivity index (χ4n) is 2.24. The van der Waals surface area contributed by atoms with E-state index in [-0.39, 0.29) is 11.7 Å². The number of carbonyl (C=O) groups excluding carboxylic acids is 1. The number of hydrogen-bond acceptors (Lipinski definition) is 2. The first kappa shape index (κ1) is 11.6. The molecule has 3 heteroatoms. The van der Waals surface area contributed by atoms with Crippen LogP contribution < -0.4 is 0 Å². The number of aliphatic hydroxyl groups is 1. The highest BCUT2D eigenvalue weighted by molar-refractivity contribution is 6.30. The Bertz CT molecular complexity index is 372. The van der Waals surface area contributed by atoms with Crippen LogP contribution in [0.2, 0.25) is 5.02 Å². The van der Waals surface area contributed by atoms with Gasteiger partial charge in [0.2, 0.25) is 0 Å². The largest absolute Gasteiger partial charge is 0.388 e. The second kappa shape index (κ2) is 4.98. The zero-order valence-electron chi connectivity index (χ0n) is 9.03. The Morgan fingerprint density at radius 2 is 1.94 bits per heavy atom. The smallest absolute Gasteiger partial charge is 0.138 e. The van der Waals surface area contributed by atoms with E-state index < -0.39 is 6.10 Å². The molecule has 2 nitrogen and oxygen atoms in total. The number of rotatable bonds is 2. The van der Waals surface area contributed by atoms with Gasteiger partial charge in [0, 0.05) is 17.4 Å². The summed E-state index contributed by atoms with van der Waals surface area (Å²) in [4.78, 5) is 11.7. The van der Waals surface area contributed by atoms with E-state index in [0.717, 1.165) is 24.8 Å². The van der Waals surface area contributed by atoms with Crippen LogP contribution in [-0.4, -0.2) is 10.9 Å². The Kier molecular flexibility index (Phi) is 3.62. The summed E-state index contributed by atoms with van der Waals surface area (Å²) in [5.41, 5.74) is 0.782. The van der Waals surface area contributed by atoms with E-state index in [1.807, 2.05) is 0 Å². The topological polar surface area (TPSA) is 37.3 Å². The molecule has 1 aliphatic carbocycles. The van der Waals surface area contributed by atoms with Gasteiger partial charge in [-0.2, -0.15) is 0 Å². The van der Waals surface area contributed by atoms with Crippen molar-refractivity contribution in [1.29, 1.82) is 0 Å². The van der Waals surface area contributed by atoms with Gasteiger partial charge in [-0.3, -0.25) is 4.79 Å². The molecular weight excluding hydrogens is 224 g/mol. The van der Waals surface area contributed by atoms with Crippen LogP contribution in [0.5, 0.6) is 0 Å². The molecular formula is C13H15ClO2. The van der Waals surface area contributed by atoms with Crippen LogP contribution in [0.3, 0.4) is 0 Å². The van der Waals surface area contributed by atoms with Gasteiger partial charge in [0.25, 0.3) is 0 Å². The average molecular weight is 239 g/mol. The van der Waals surface area contributed by atoms with Gasteiger partial charge >= 0.3 is 0 Å². The molecule has 0 heterocycles.